The van der Waals surface area contributed by atoms with Crippen LogP contribution in [0.2, 0.25) is 0 Å². The van der Waals surface area contributed by atoms with Crippen LogP contribution in [0.1, 0.15) is 55.3 Å². The molecule has 178 valence electrons. The lowest BCUT2D eigenvalue weighted by molar-refractivity contribution is 0.225. The van der Waals surface area contributed by atoms with Crippen LogP contribution in [0.4, 0.5) is 0 Å². The number of aryl methyl sites for hydroxylation is 2. The lowest BCUT2D eigenvalue weighted by Crippen LogP contribution is -2.33. The number of hydrogen-bond donors (Lipinski definition) is 1. The summed E-state index contributed by atoms with van der Waals surface area (Å²) in [4.78, 5) is 18.3. The van der Waals surface area contributed by atoms with Gasteiger partial charge in [0.2, 0.25) is 0 Å². The van der Waals surface area contributed by atoms with Gasteiger partial charge in [-0.15, -0.1) is 5.10 Å². The Kier molecular flexibility index (Phi) is 6.93. The molecule has 2 aromatic carbocycles. The SMILES string of the molecule is CCC(C)(C)n1nnnc1CN(CCc1ccccc1)Cc1cc2cc(C)c(C)cc2[nH]c1=O. The van der Waals surface area contributed by atoms with Gasteiger partial charge < -0.3 is 4.98 Å². The van der Waals surface area contributed by atoms with E-state index in [-0.39, 0.29) is 11.1 Å². The molecule has 0 unspecified atom stereocenters. The number of benzene rings is 2. The predicted octanol–water partition coefficient (Wildman–Crippen LogP) is 4.52. The molecule has 0 amide bonds. The number of tetrazole rings is 1. The maximum absolute atomic E-state index is 13.0. The summed E-state index contributed by atoms with van der Waals surface area (Å²) < 4.78 is 1.92. The van der Waals surface area contributed by atoms with Crippen LogP contribution < -0.4 is 5.56 Å². The lowest BCUT2D eigenvalue weighted by Gasteiger charge is -2.27. The molecule has 0 aliphatic carbocycles. The van der Waals surface area contributed by atoms with Gasteiger partial charge in [-0.25, -0.2) is 4.68 Å². The monoisotopic (exact) mass is 458 g/mol. The fourth-order valence-electron chi connectivity index (χ4n) is 4.15. The molecule has 2 heterocycles. The highest BCUT2D eigenvalue weighted by atomic mass is 16.1. The minimum absolute atomic E-state index is 0.0473. The van der Waals surface area contributed by atoms with Crippen molar-refractivity contribution < 1.29 is 0 Å². The topological polar surface area (TPSA) is 79.7 Å². The summed E-state index contributed by atoms with van der Waals surface area (Å²) in [5.41, 5.74) is 5.05. The summed E-state index contributed by atoms with van der Waals surface area (Å²) in [6.07, 6.45) is 1.79. The quantitative estimate of drug-likeness (QED) is 0.399. The molecule has 4 rings (SSSR count). The van der Waals surface area contributed by atoms with Crippen LogP contribution in [0.25, 0.3) is 10.9 Å². The van der Waals surface area contributed by atoms with Crippen LogP contribution in [-0.2, 0) is 25.0 Å². The van der Waals surface area contributed by atoms with Crippen molar-refractivity contribution in [1.82, 2.24) is 30.1 Å². The average Bonchev–Trinajstić information content (AvgIpc) is 3.29. The number of hydrogen-bond acceptors (Lipinski definition) is 5. The lowest BCUT2D eigenvalue weighted by atomic mass is 10.0. The van der Waals surface area contributed by atoms with Crippen LogP contribution in [-0.4, -0.2) is 36.6 Å². The number of nitrogens with one attached hydrogen (secondary N) is 1. The third-order valence-corrected chi connectivity index (χ3v) is 6.83. The van der Waals surface area contributed by atoms with Gasteiger partial charge in [0.25, 0.3) is 5.56 Å². The van der Waals surface area contributed by atoms with Gasteiger partial charge in [-0.1, -0.05) is 37.3 Å². The van der Waals surface area contributed by atoms with Gasteiger partial charge in [0.1, 0.15) is 0 Å². The number of H-pyrrole nitrogens is 1. The number of pyridine rings is 1. The largest absolute Gasteiger partial charge is 0.322 e. The van der Waals surface area contributed by atoms with E-state index in [1.54, 1.807) is 0 Å². The van der Waals surface area contributed by atoms with Crippen molar-refractivity contribution in [2.75, 3.05) is 6.54 Å². The Morgan fingerprint density at radius 3 is 2.50 bits per heavy atom. The van der Waals surface area contributed by atoms with Crippen molar-refractivity contribution in [2.45, 2.75) is 66.1 Å². The van der Waals surface area contributed by atoms with E-state index in [9.17, 15) is 4.79 Å². The number of fused-ring (bicyclic) bond motifs is 1. The zero-order valence-corrected chi connectivity index (χ0v) is 20.8. The first-order valence-corrected chi connectivity index (χ1v) is 11.9. The van der Waals surface area contributed by atoms with Crippen molar-refractivity contribution in [3.8, 4) is 0 Å². The van der Waals surface area contributed by atoms with E-state index in [0.29, 0.717) is 13.1 Å². The minimum Gasteiger partial charge on any atom is -0.322 e. The first-order valence-electron chi connectivity index (χ1n) is 11.9. The van der Waals surface area contributed by atoms with Gasteiger partial charge in [-0.05, 0) is 91.2 Å². The summed E-state index contributed by atoms with van der Waals surface area (Å²) in [6.45, 7) is 12.4. The molecular weight excluding hydrogens is 424 g/mol. The van der Waals surface area contributed by atoms with Gasteiger partial charge in [0, 0.05) is 24.2 Å². The highest BCUT2D eigenvalue weighted by Gasteiger charge is 2.24. The van der Waals surface area contributed by atoms with E-state index in [0.717, 1.165) is 41.7 Å². The molecule has 0 bridgehead atoms. The Morgan fingerprint density at radius 2 is 1.76 bits per heavy atom. The normalized spacial score (nSPS) is 12.1. The Bertz CT molecular complexity index is 1320. The van der Waals surface area contributed by atoms with E-state index < -0.39 is 0 Å². The van der Waals surface area contributed by atoms with E-state index in [4.69, 9.17) is 0 Å². The van der Waals surface area contributed by atoms with Crippen molar-refractivity contribution >= 4 is 10.9 Å². The summed E-state index contributed by atoms with van der Waals surface area (Å²) >= 11 is 0. The van der Waals surface area contributed by atoms with Gasteiger partial charge in [-0.3, -0.25) is 9.69 Å². The molecule has 34 heavy (non-hydrogen) atoms. The standard InChI is InChI=1S/C27H34N6O/c1-6-27(4,5)33-25(29-30-31-33)18-32(13-12-21-10-8-7-9-11-21)17-23-16-22-14-19(2)20(3)15-24(22)28-26(23)34/h7-11,14-16H,6,12-13,17-18H2,1-5H3,(H,28,34). The fraction of sp³-hybridized carbons (Fsp3) is 0.407. The van der Waals surface area contributed by atoms with Gasteiger partial charge in [0.15, 0.2) is 5.82 Å². The Hall–Kier alpha value is -3.32. The Balaban J connectivity index is 1.64. The molecular formula is C27H34N6O. The molecule has 0 saturated carbocycles. The Morgan fingerprint density at radius 1 is 1.03 bits per heavy atom. The first-order chi connectivity index (χ1) is 16.3. The molecule has 4 aromatic rings. The van der Waals surface area contributed by atoms with Crippen molar-refractivity contribution in [3.05, 3.63) is 87.0 Å². The minimum atomic E-state index is -0.181. The Labute approximate surface area is 200 Å². The van der Waals surface area contributed by atoms with E-state index in [1.165, 1.54) is 16.7 Å². The van der Waals surface area contributed by atoms with E-state index in [2.05, 4.69) is 90.4 Å². The molecule has 7 heteroatoms. The zero-order valence-electron chi connectivity index (χ0n) is 20.8. The fourth-order valence-corrected chi connectivity index (χ4v) is 4.15. The molecule has 1 N–H and O–H groups in total. The van der Waals surface area contributed by atoms with Crippen LogP contribution in [0.5, 0.6) is 0 Å². The summed E-state index contributed by atoms with van der Waals surface area (Å²) in [6, 6.07) is 16.6. The van der Waals surface area contributed by atoms with Crippen LogP contribution in [0.15, 0.2) is 53.3 Å². The van der Waals surface area contributed by atoms with Crippen molar-refractivity contribution in [2.24, 2.45) is 0 Å². The van der Waals surface area contributed by atoms with Gasteiger partial charge >= 0.3 is 0 Å². The number of rotatable bonds is 9. The second kappa shape index (κ2) is 9.89. The molecule has 0 fully saturated rings. The maximum atomic E-state index is 13.0. The third kappa shape index (κ3) is 5.25. The maximum Gasteiger partial charge on any atom is 0.252 e. The molecule has 0 atom stereocenters. The zero-order chi connectivity index (χ0) is 24.3. The first kappa shape index (κ1) is 23.8. The van der Waals surface area contributed by atoms with Crippen LogP contribution in [0, 0.1) is 13.8 Å². The highest BCUT2D eigenvalue weighted by molar-refractivity contribution is 5.80. The molecule has 7 nitrogen and oxygen atoms in total. The molecule has 2 aromatic heterocycles. The molecule has 0 saturated heterocycles. The number of aromatic amines is 1. The molecule has 0 spiro atoms. The van der Waals surface area contributed by atoms with Crippen molar-refractivity contribution in [3.63, 3.8) is 0 Å². The second-order valence-corrected chi connectivity index (χ2v) is 9.77. The van der Waals surface area contributed by atoms with Crippen LogP contribution in [0.3, 0.4) is 0 Å². The molecule has 0 aliphatic heterocycles. The average molecular weight is 459 g/mol. The molecule has 0 radical (unpaired) electrons. The van der Waals surface area contributed by atoms with Gasteiger partial charge in [-0.2, -0.15) is 0 Å². The predicted molar refractivity (Wildman–Crippen MR) is 136 cm³/mol. The van der Waals surface area contributed by atoms with E-state index >= 15 is 0 Å². The van der Waals surface area contributed by atoms with Crippen LogP contribution >= 0.6 is 0 Å². The van der Waals surface area contributed by atoms with E-state index in [1.807, 2.05) is 22.9 Å². The third-order valence-electron chi connectivity index (χ3n) is 6.83. The number of aromatic nitrogens is 5. The summed E-state index contributed by atoms with van der Waals surface area (Å²) in [5.74, 6) is 0.809. The smallest absolute Gasteiger partial charge is 0.252 e. The second-order valence-electron chi connectivity index (χ2n) is 9.77. The highest BCUT2D eigenvalue weighted by Crippen LogP contribution is 2.21. The molecule has 0 aliphatic rings. The number of nitrogens with zero attached hydrogens (tertiary/aromatic N) is 5. The summed E-state index contributed by atoms with van der Waals surface area (Å²) in [5, 5.41) is 13.6. The van der Waals surface area contributed by atoms with Crippen molar-refractivity contribution in [1.29, 1.82) is 0 Å². The summed E-state index contributed by atoms with van der Waals surface area (Å²) in [7, 11) is 0. The van der Waals surface area contributed by atoms with Gasteiger partial charge in [0.05, 0.1) is 12.1 Å².